The maximum atomic E-state index is 13.0. The molecule has 0 unspecified atom stereocenters. The summed E-state index contributed by atoms with van der Waals surface area (Å²) in [7, 11) is 1.71. The molecule has 8 aromatic rings. The molecule has 0 saturated heterocycles. The van der Waals surface area contributed by atoms with Gasteiger partial charge in [-0.3, -0.25) is 4.79 Å². The summed E-state index contributed by atoms with van der Waals surface area (Å²) in [5.41, 5.74) is 9.44. The van der Waals surface area contributed by atoms with Crippen LogP contribution in [-0.2, 0) is 5.41 Å². The van der Waals surface area contributed by atoms with Crippen molar-refractivity contribution in [1.82, 2.24) is 0 Å². The second-order valence-electron chi connectivity index (χ2n) is 13.3. The van der Waals surface area contributed by atoms with E-state index in [0.29, 0.717) is 16.9 Å². The van der Waals surface area contributed by atoms with Crippen LogP contribution in [0.25, 0.3) is 32.7 Å². The fourth-order valence-corrected chi connectivity index (χ4v) is 7.81. The normalized spacial score (nSPS) is 12.7. The van der Waals surface area contributed by atoms with E-state index in [0.717, 1.165) is 33.2 Å². The molecule has 8 aromatic carbocycles. The minimum atomic E-state index is -0.511. The Balaban J connectivity index is 1.10. The summed E-state index contributed by atoms with van der Waals surface area (Å²) in [5, 5.41) is 4.53. The number of carbonyl (C=O) groups excluding carboxylic acids is 1. The summed E-state index contributed by atoms with van der Waals surface area (Å²) in [4.78, 5) is 13.0. The molecular weight excluding hydrogens is 625 g/mol. The van der Waals surface area contributed by atoms with Crippen molar-refractivity contribution in [2.45, 2.75) is 12.3 Å². The van der Waals surface area contributed by atoms with Crippen LogP contribution in [0, 0.1) is 6.92 Å². The minimum absolute atomic E-state index is 0.00254. The van der Waals surface area contributed by atoms with Crippen LogP contribution in [0.2, 0.25) is 0 Å². The highest BCUT2D eigenvalue weighted by molar-refractivity contribution is 6.09. The van der Waals surface area contributed by atoms with Crippen LogP contribution >= 0.6 is 0 Å². The molecule has 3 nitrogen and oxygen atoms in total. The fraction of sp³-hybridized carbons (Fsp3) is 0.0625. The molecule has 0 spiro atoms. The molecule has 0 atom stereocenters. The van der Waals surface area contributed by atoms with Gasteiger partial charge in [-0.05, 0) is 123 Å². The number of ketones is 1. The number of aryl methyl sites for hydroxylation is 1. The molecule has 0 N–H and O–H groups in total. The lowest BCUT2D eigenvalue weighted by molar-refractivity contribution is 0.103. The van der Waals surface area contributed by atoms with E-state index in [1.54, 1.807) is 7.11 Å². The second kappa shape index (κ2) is 12.2. The summed E-state index contributed by atoms with van der Waals surface area (Å²) >= 11 is 0. The molecule has 1 aliphatic carbocycles. The van der Waals surface area contributed by atoms with Gasteiger partial charge in [0.05, 0.1) is 12.5 Å². The van der Waals surface area contributed by atoms with E-state index in [9.17, 15) is 4.79 Å². The molecule has 0 aromatic heterocycles. The highest BCUT2D eigenvalue weighted by atomic mass is 16.5. The Morgan fingerprint density at radius 3 is 1.49 bits per heavy atom. The standard InChI is InChI=1S/C48H34O3/c1-31-11-13-32(14-12-31)47(49)33-17-23-40(24-18-33)51-42-26-20-35-28-39(22-16-37(35)30-42)48(38-21-15-36-29-41(50-2)25-19-34(36)27-38)45-9-5-3-7-43(45)44-8-4-6-10-46(44)48/h3-30H,1-2H3. The van der Waals surface area contributed by atoms with Crippen LogP contribution in [0.3, 0.4) is 0 Å². The quantitative estimate of drug-likeness (QED) is 0.160. The van der Waals surface area contributed by atoms with Crippen LogP contribution in [0.4, 0.5) is 0 Å². The number of hydrogen-bond donors (Lipinski definition) is 0. The van der Waals surface area contributed by atoms with Crippen molar-refractivity contribution in [3.05, 3.63) is 209 Å². The first-order chi connectivity index (χ1) is 25.0. The van der Waals surface area contributed by atoms with E-state index in [4.69, 9.17) is 9.47 Å². The van der Waals surface area contributed by atoms with Crippen LogP contribution in [0.15, 0.2) is 170 Å². The SMILES string of the molecule is COc1ccc2cc(C3(c4ccc5cc(Oc6ccc(C(=O)c7ccc(C)cc7)cc6)ccc5c4)c4ccccc4-c4ccccc43)ccc2c1. The predicted molar refractivity (Wildman–Crippen MR) is 206 cm³/mol. The summed E-state index contributed by atoms with van der Waals surface area (Å²) in [6.07, 6.45) is 0. The van der Waals surface area contributed by atoms with Crippen LogP contribution in [0.5, 0.6) is 17.2 Å². The Labute approximate surface area is 297 Å². The lowest BCUT2D eigenvalue weighted by atomic mass is 9.67. The molecule has 0 fully saturated rings. The number of fused-ring (bicyclic) bond motifs is 5. The number of rotatable bonds is 7. The van der Waals surface area contributed by atoms with Crippen LogP contribution in [0.1, 0.15) is 43.7 Å². The largest absolute Gasteiger partial charge is 0.497 e. The molecule has 0 aliphatic heterocycles. The first-order valence-electron chi connectivity index (χ1n) is 17.2. The monoisotopic (exact) mass is 658 g/mol. The van der Waals surface area contributed by atoms with E-state index >= 15 is 0 Å². The third kappa shape index (κ3) is 5.09. The molecule has 0 amide bonds. The summed E-state index contributed by atoms with van der Waals surface area (Å²) < 4.78 is 11.8. The molecule has 0 bridgehead atoms. The molecule has 3 heteroatoms. The Hall–Kier alpha value is -6.45. The Morgan fingerprint density at radius 1 is 0.471 bits per heavy atom. The molecule has 51 heavy (non-hydrogen) atoms. The van der Waals surface area contributed by atoms with E-state index < -0.39 is 5.41 Å². The minimum Gasteiger partial charge on any atom is -0.497 e. The van der Waals surface area contributed by atoms with Crippen molar-refractivity contribution >= 4 is 27.3 Å². The zero-order chi connectivity index (χ0) is 34.5. The van der Waals surface area contributed by atoms with Gasteiger partial charge in [-0.2, -0.15) is 0 Å². The molecule has 0 heterocycles. The molecular formula is C48H34O3. The number of methoxy groups -OCH3 is 1. The van der Waals surface area contributed by atoms with Crippen molar-refractivity contribution in [1.29, 1.82) is 0 Å². The zero-order valence-corrected chi connectivity index (χ0v) is 28.4. The Morgan fingerprint density at radius 2 is 0.922 bits per heavy atom. The highest BCUT2D eigenvalue weighted by Crippen LogP contribution is 2.56. The molecule has 9 rings (SSSR count). The summed E-state index contributed by atoms with van der Waals surface area (Å²) in [5.74, 6) is 2.27. The van der Waals surface area contributed by atoms with Crippen LogP contribution < -0.4 is 9.47 Å². The third-order valence-electron chi connectivity index (χ3n) is 10.3. The van der Waals surface area contributed by atoms with Crippen molar-refractivity contribution in [3.63, 3.8) is 0 Å². The number of carbonyl (C=O) groups is 1. The summed E-state index contributed by atoms with van der Waals surface area (Å²) in [6.45, 7) is 2.01. The average molecular weight is 659 g/mol. The topological polar surface area (TPSA) is 35.5 Å². The van der Waals surface area contributed by atoms with Crippen molar-refractivity contribution in [3.8, 4) is 28.4 Å². The molecule has 244 valence electrons. The van der Waals surface area contributed by atoms with Gasteiger partial charge in [0.1, 0.15) is 17.2 Å². The van der Waals surface area contributed by atoms with E-state index in [1.807, 2.05) is 67.6 Å². The van der Waals surface area contributed by atoms with E-state index in [2.05, 4.69) is 109 Å². The lowest BCUT2D eigenvalue weighted by Gasteiger charge is -2.34. The summed E-state index contributed by atoms with van der Waals surface area (Å²) in [6, 6.07) is 58.8. The van der Waals surface area contributed by atoms with Gasteiger partial charge in [-0.15, -0.1) is 0 Å². The van der Waals surface area contributed by atoms with Gasteiger partial charge >= 0.3 is 0 Å². The van der Waals surface area contributed by atoms with Gasteiger partial charge in [0.2, 0.25) is 0 Å². The van der Waals surface area contributed by atoms with Gasteiger partial charge in [0.15, 0.2) is 5.78 Å². The van der Waals surface area contributed by atoms with Crippen LogP contribution in [-0.4, -0.2) is 12.9 Å². The van der Waals surface area contributed by atoms with Gasteiger partial charge in [0, 0.05) is 11.1 Å². The predicted octanol–water partition coefficient (Wildman–Crippen LogP) is 11.7. The lowest BCUT2D eigenvalue weighted by Crippen LogP contribution is -2.28. The molecule has 0 saturated carbocycles. The zero-order valence-electron chi connectivity index (χ0n) is 28.4. The second-order valence-corrected chi connectivity index (χ2v) is 13.3. The fourth-order valence-electron chi connectivity index (χ4n) is 7.81. The first-order valence-corrected chi connectivity index (χ1v) is 17.2. The molecule has 1 aliphatic rings. The first kappa shape index (κ1) is 30.6. The molecule has 0 radical (unpaired) electrons. The number of hydrogen-bond acceptors (Lipinski definition) is 3. The van der Waals surface area contributed by atoms with Gasteiger partial charge in [0.25, 0.3) is 0 Å². The maximum absolute atomic E-state index is 13.0. The maximum Gasteiger partial charge on any atom is 0.193 e. The number of ether oxygens (including phenoxy) is 2. The smallest absolute Gasteiger partial charge is 0.193 e. The van der Waals surface area contributed by atoms with Gasteiger partial charge in [-0.1, -0.05) is 115 Å². The Kier molecular flexibility index (Phi) is 7.29. The van der Waals surface area contributed by atoms with E-state index in [1.165, 1.54) is 38.8 Å². The van der Waals surface area contributed by atoms with Crippen molar-refractivity contribution in [2.24, 2.45) is 0 Å². The third-order valence-corrected chi connectivity index (χ3v) is 10.3. The number of benzene rings is 8. The van der Waals surface area contributed by atoms with Gasteiger partial charge < -0.3 is 9.47 Å². The van der Waals surface area contributed by atoms with Gasteiger partial charge in [-0.25, -0.2) is 0 Å². The van der Waals surface area contributed by atoms with Crippen molar-refractivity contribution in [2.75, 3.05) is 7.11 Å². The highest BCUT2D eigenvalue weighted by Gasteiger charge is 2.46. The van der Waals surface area contributed by atoms with Crippen molar-refractivity contribution < 1.29 is 14.3 Å². The average Bonchev–Trinajstić information content (AvgIpc) is 3.49. The van der Waals surface area contributed by atoms with E-state index in [-0.39, 0.29) is 5.78 Å². The Bertz CT molecular complexity index is 2570.